The van der Waals surface area contributed by atoms with Gasteiger partial charge in [-0.15, -0.1) is 5.54 Å². The van der Waals surface area contributed by atoms with Crippen LogP contribution in [0.4, 0.5) is 14.6 Å². The highest BCUT2D eigenvalue weighted by atomic mass is 28.3. The third kappa shape index (κ3) is 10.8. The summed E-state index contributed by atoms with van der Waals surface area (Å²) < 4.78 is 51.9. The number of rotatable bonds is 16. The Morgan fingerprint density at radius 2 is 1.56 bits per heavy atom. The van der Waals surface area contributed by atoms with Crippen molar-refractivity contribution in [2.45, 2.75) is 104 Å². The number of benzene rings is 3. The summed E-state index contributed by atoms with van der Waals surface area (Å²) in [4.78, 5) is 21.5. The van der Waals surface area contributed by atoms with E-state index in [0.717, 1.165) is 45.7 Å². The molecule has 2 saturated heterocycles. The Morgan fingerprint density at radius 3 is 2.21 bits per heavy atom. The number of pyridine rings is 1. The quantitative estimate of drug-likeness (QED) is 0.0586. The van der Waals surface area contributed by atoms with Crippen LogP contribution in [0.15, 0.2) is 60.8 Å². The van der Waals surface area contributed by atoms with Crippen molar-refractivity contribution in [2.75, 3.05) is 71.2 Å². The molecule has 2 aliphatic rings. The van der Waals surface area contributed by atoms with E-state index in [2.05, 4.69) is 107 Å². The SMILES string of the molecule is COCOc1cc(-c2ncc3c(N4CCC[C@@](C)(O)C4)nc(OC[C@@H](CN4CCN(Cc5ccccc5)CC4)C(C)C)nc3c2F)c2c(C#C[Si](C(C)C)(C(C)C)C(C)C)c(F)ccc2c1. The highest BCUT2D eigenvalue weighted by Gasteiger charge is 2.42. The molecule has 1 N–H and O–H groups in total. The van der Waals surface area contributed by atoms with Crippen LogP contribution in [-0.2, 0) is 11.3 Å². The lowest BCUT2D eigenvalue weighted by atomic mass is 9.94. The van der Waals surface area contributed by atoms with Gasteiger partial charge in [-0.2, -0.15) is 9.97 Å². The van der Waals surface area contributed by atoms with Crippen LogP contribution in [0.3, 0.4) is 0 Å². The van der Waals surface area contributed by atoms with Crippen LogP contribution >= 0.6 is 0 Å². The van der Waals surface area contributed by atoms with Gasteiger partial charge >= 0.3 is 6.01 Å². The fourth-order valence-corrected chi connectivity index (χ4v) is 15.6. The second-order valence-corrected chi connectivity index (χ2v) is 25.7. The Kier molecular flexibility index (Phi) is 15.7. The van der Waals surface area contributed by atoms with Crippen LogP contribution in [0, 0.1) is 34.9 Å². The third-order valence-corrected chi connectivity index (χ3v) is 20.4. The number of anilines is 1. The maximum Gasteiger partial charge on any atom is 0.319 e. The first-order chi connectivity index (χ1) is 31.5. The monoisotopic (exact) mass is 921 g/mol. The zero-order valence-corrected chi connectivity index (χ0v) is 41.8. The smallest absolute Gasteiger partial charge is 0.319 e. The van der Waals surface area contributed by atoms with Gasteiger partial charge in [0.1, 0.15) is 36.7 Å². The summed E-state index contributed by atoms with van der Waals surface area (Å²) >= 11 is 0. The van der Waals surface area contributed by atoms with Crippen LogP contribution in [0.5, 0.6) is 11.8 Å². The lowest BCUT2D eigenvalue weighted by Gasteiger charge is -2.38. The van der Waals surface area contributed by atoms with E-state index in [1.165, 1.54) is 18.7 Å². The summed E-state index contributed by atoms with van der Waals surface area (Å²) in [6.45, 7) is 26.4. The molecule has 0 saturated carbocycles. The number of β-amino-alcohol motifs (C(OH)–C–C–N with tert-alkyl or cyclic N) is 1. The molecule has 3 aromatic carbocycles. The van der Waals surface area contributed by atoms with Crippen LogP contribution in [-0.4, -0.2) is 110 Å². The molecule has 2 aromatic heterocycles. The van der Waals surface area contributed by atoms with Gasteiger partial charge in [-0.3, -0.25) is 9.88 Å². The number of methoxy groups -OCH3 is 1. The second-order valence-electron chi connectivity index (χ2n) is 20.1. The molecule has 0 aliphatic carbocycles. The highest BCUT2D eigenvalue weighted by molar-refractivity contribution is 6.90. The molecule has 354 valence electrons. The van der Waals surface area contributed by atoms with Gasteiger partial charge in [0.25, 0.3) is 0 Å². The van der Waals surface area contributed by atoms with Gasteiger partial charge in [0.05, 0.1) is 23.2 Å². The number of ether oxygens (including phenoxy) is 3. The van der Waals surface area contributed by atoms with Crippen molar-refractivity contribution < 1.29 is 28.1 Å². The Bertz CT molecular complexity index is 2500. The predicted octanol–water partition coefficient (Wildman–Crippen LogP) is 10.5. The number of nitrogens with zero attached hydrogens (tertiary/aromatic N) is 6. The number of fused-ring (bicyclic) bond motifs is 2. The largest absolute Gasteiger partial charge is 0.468 e. The van der Waals surface area contributed by atoms with Crippen molar-refractivity contribution in [3.8, 4) is 34.5 Å². The lowest BCUT2D eigenvalue weighted by Crippen LogP contribution is -2.48. The Hall–Kier alpha value is -4.71. The minimum atomic E-state index is -2.30. The lowest BCUT2D eigenvalue weighted by molar-refractivity contribution is 0.0447. The van der Waals surface area contributed by atoms with Crippen molar-refractivity contribution in [2.24, 2.45) is 11.8 Å². The number of hydrogen-bond donors (Lipinski definition) is 1. The predicted molar refractivity (Wildman–Crippen MR) is 265 cm³/mol. The van der Waals surface area contributed by atoms with Crippen molar-refractivity contribution in [3.63, 3.8) is 0 Å². The number of halogens is 2. The van der Waals surface area contributed by atoms with E-state index in [4.69, 9.17) is 29.2 Å². The molecular weight excluding hydrogens is 851 g/mol. The summed E-state index contributed by atoms with van der Waals surface area (Å²) in [6, 6.07) is 17.2. The summed E-state index contributed by atoms with van der Waals surface area (Å²) in [5, 5.41) is 12.7. The second kappa shape index (κ2) is 21.1. The van der Waals surface area contributed by atoms with E-state index in [0.29, 0.717) is 81.9 Å². The number of aromatic nitrogens is 3. The molecule has 0 radical (unpaired) electrons. The molecule has 5 aromatic rings. The minimum absolute atomic E-state index is 0.0205. The van der Waals surface area contributed by atoms with Gasteiger partial charge in [0.15, 0.2) is 12.6 Å². The molecule has 2 atom stereocenters. The fraction of sp³-hybridized carbons (Fsp3) is 0.528. The fourth-order valence-electron chi connectivity index (χ4n) is 10.4. The first kappa shape index (κ1) is 49.2. The molecule has 13 heteroatoms. The standard InChI is InChI=1S/C53H70F2N6O4Si/c1-35(2)41(31-60-24-22-59(23-25-60)30-39-15-12-11-13-16-39)32-64-52-57-50-45(51(58-52)61-21-14-20-53(9,62)33-61)29-56-49(48(50)55)44-28-42(65-34-63-10)27-40-17-18-46(54)43(47(40)44)19-26-66(36(3)4,37(5)6)38(7)8/h11-13,15-18,27-29,35-38,41,62H,14,20-25,30-34H2,1-10H3/t41-,53-/m1/s1. The van der Waals surface area contributed by atoms with E-state index in [9.17, 15) is 5.11 Å². The molecule has 7 rings (SSSR count). The molecule has 0 bridgehead atoms. The summed E-state index contributed by atoms with van der Waals surface area (Å²) in [5.41, 5.74) is 5.51. The number of aliphatic hydroxyl groups is 1. The van der Waals surface area contributed by atoms with Crippen molar-refractivity contribution in [3.05, 3.63) is 83.6 Å². The Balaban J connectivity index is 1.29. The van der Waals surface area contributed by atoms with Gasteiger partial charge in [0.2, 0.25) is 0 Å². The van der Waals surface area contributed by atoms with Gasteiger partial charge < -0.3 is 29.1 Å². The zero-order chi connectivity index (χ0) is 47.3. The molecule has 0 spiro atoms. The summed E-state index contributed by atoms with van der Waals surface area (Å²) in [7, 11) is -0.774. The van der Waals surface area contributed by atoms with Gasteiger partial charge in [-0.05, 0) is 71.5 Å². The Morgan fingerprint density at radius 1 is 0.864 bits per heavy atom. The minimum Gasteiger partial charge on any atom is -0.468 e. The van der Waals surface area contributed by atoms with E-state index in [1.807, 2.05) is 11.8 Å². The molecule has 0 amide bonds. The first-order valence-corrected chi connectivity index (χ1v) is 26.1. The summed E-state index contributed by atoms with van der Waals surface area (Å²) in [6.07, 6.45) is 2.94. The third-order valence-electron chi connectivity index (χ3n) is 14.1. The van der Waals surface area contributed by atoms with Crippen LogP contribution < -0.4 is 14.4 Å². The summed E-state index contributed by atoms with van der Waals surface area (Å²) in [5.74, 6) is 3.46. The van der Waals surface area contributed by atoms with Crippen molar-refractivity contribution in [1.82, 2.24) is 24.8 Å². The molecule has 2 fully saturated rings. The molecule has 4 heterocycles. The van der Waals surface area contributed by atoms with Gasteiger partial charge in [-0.25, -0.2) is 8.78 Å². The zero-order valence-electron chi connectivity index (χ0n) is 40.8. The average Bonchev–Trinajstić information content (AvgIpc) is 3.27. The Labute approximate surface area is 392 Å². The molecule has 0 unspecified atom stereocenters. The molecule has 2 aliphatic heterocycles. The molecular formula is C53H70F2N6O4Si. The average molecular weight is 921 g/mol. The van der Waals surface area contributed by atoms with Crippen molar-refractivity contribution >= 4 is 35.6 Å². The van der Waals surface area contributed by atoms with E-state index < -0.39 is 25.3 Å². The van der Waals surface area contributed by atoms with Crippen LogP contribution in [0.2, 0.25) is 16.6 Å². The normalized spacial score (nSPS) is 18.2. The van der Waals surface area contributed by atoms with E-state index in [1.54, 1.807) is 24.4 Å². The number of piperidine rings is 1. The van der Waals surface area contributed by atoms with Gasteiger partial charge in [-0.1, -0.05) is 97.7 Å². The topological polar surface area (TPSA) is 96.3 Å². The number of hydrogen-bond acceptors (Lipinski definition) is 10. The van der Waals surface area contributed by atoms with Crippen molar-refractivity contribution in [1.29, 1.82) is 0 Å². The highest BCUT2D eigenvalue weighted by Crippen LogP contribution is 2.43. The molecule has 10 nitrogen and oxygen atoms in total. The molecule has 66 heavy (non-hydrogen) atoms. The van der Waals surface area contributed by atoms with Crippen LogP contribution in [0.1, 0.15) is 86.3 Å². The van der Waals surface area contributed by atoms with Gasteiger partial charge in [0, 0.05) is 82.5 Å². The first-order valence-electron chi connectivity index (χ1n) is 23.9. The van der Waals surface area contributed by atoms with Crippen LogP contribution in [0.25, 0.3) is 32.9 Å². The maximum absolute atomic E-state index is 17.8. The number of piperazine rings is 1. The van der Waals surface area contributed by atoms with E-state index >= 15 is 8.78 Å². The van der Waals surface area contributed by atoms with E-state index in [-0.39, 0.29) is 35.5 Å². The maximum atomic E-state index is 17.8.